The lowest BCUT2D eigenvalue weighted by molar-refractivity contribution is -0.123. The van der Waals surface area contributed by atoms with E-state index in [2.05, 4.69) is 5.32 Å². The molecule has 2 amide bonds. The van der Waals surface area contributed by atoms with Gasteiger partial charge in [-0.25, -0.2) is 0 Å². The predicted molar refractivity (Wildman–Crippen MR) is 73.1 cm³/mol. The maximum Gasteiger partial charge on any atom is 0.246 e. The maximum absolute atomic E-state index is 11.9. The van der Waals surface area contributed by atoms with Crippen molar-refractivity contribution in [1.29, 1.82) is 0 Å². The number of amides is 2. The Kier molecular flexibility index (Phi) is 5.16. The monoisotopic (exact) mass is 268 g/mol. The molecule has 5 heteroatoms. The van der Waals surface area contributed by atoms with Crippen LogP contribution in [0.1, 0.15) is 11.1 Å². The molecule has 0 aliphatic heterocycles. The average molecular weight is 269 g/mol. The second-order valence-electron chi connectivity index (χ2n) is 4.15. The van der Waals surface area contributed by atoms with Gasteiger partial charge in [0.05, 0.1) is 6.54 Å². The van der Waals surface area contributed by atoms with Crippen LogP contribution in [-0.4, -0.2) is 31.3 Å². The number of carbonyl (C=O) groups excluding carboxylic acids is 2. The molecule has 0 spiro atoms. The molecule has 0 heterocycles. The molecule has 1 N–H and O–H groups in total. The lowest BCUT2D eigenvalue weighted by Gasteiger charge is -2.20. The Bertz CT molecular complexity index is 460. The number of hydrogen-bond donors (Lipinski definition) is 1. The van der Waals surface area contributed by atoms with Crippen LogP contribution < -0.4 is 10.2 Å². The van der Waals surface area contributed by atoms with Crippen LogP contribution in [0.2, 0.25) is 0 Å². The van der Waals surface area contributed by atoms with Gasteiger partial charge in [-0.2, -0.15) is 0 Å². The zero-order valence-corrected chi connectivity index (χ0v) is 11.5. The van der Waals surface area contributed by atoms with Crippen molar-refractivity contribution in [1.82, 2.24) is 5.32 Å². The van der Waals surface area contributed by atoms with Gasteiger partial charge < -0.3 is 10.2 Å². The average Bonchev–Trinajstić information content (AvgIpc) is 2.37. The molecule has 1 aromatic carbocycles. The SMILES string of the molecule is Cc1ccc(C)c(N(C)C(=O)CNC(=O)CCl)c1. The Morgan fingerprint density at radius 3 is 2.61 bits per heavy atom. The van der Waals surface area contributed by atoms with E-state index in [0.717, 1.165) is 16.8 Å². The van der Waals surface area contributed by atoms with Crippen molar-refractivity contribution in [2.45, 2.75) is 13.8 Å². The molecule has 0 fully saturated rings. The minimum absolute atomic E-state index is 0.0462. The number of benzene rings is 1. The third kappa shape index (κ3) is 3.74. The highest BCUT2D eigenvalue weighted by atomic mass is 35.5. The van der Waals surface area contributed by atoms with Crippen LogP contribution in [0.25, 0.3) is 0 Å². The molecule has 0 aromatic heterocycles. The van der Waals surface area contributed by atoms with Crippen molar-refractivity contribution in [3.05, 3.63) is 29.3 Å². The van der Waals surface area contributed by atoms with Crippen LogP contribution in [0.3, 0.4) is 0 Å². The predicted octanol–water partition coefficient (Wildman–Crippen LogP) is 1.62. The van der Waals surface area contributed by atoms with Crippen LogP contribution in [0.15, 0.2) is 18.2 Å². The molecule has 4 nitrogen and oxygen atoms in total. The molecule has 0 saturated heterocycles. The number of aryl methyl sites for hydroxylation is 2. The van der Waals surface area contributed by atoms with E-state index in [4.69, 9.17) is 11.6 Å². The maximum atomic E-state index is 11.9. The number of halogens is 1. The highest BCUT2D eigenvalue weighted by Gasteiger charge is 2.13. The van der Waals surface area contributed by atoms with Crippen LogP contribution >= 0.6 is 11.6 Å². The van der Waals surface area contributed by atoms with Gasteiger partial charge in [-0.1, -0.05) is 12.1 Å². The molecule has 1 aromatic rings. The standard InChI is InChI=1S/C13H17ClN2O2/c1-9-4-5-10(2)11(6-9)16(3)13(18)8-15-12(17)7-14/h4-6H,7-8H2,1-3H3,(H,15,17). The van der Waals surface area contributed by atoms with Crippen molar-refractivity contribution >= 4 is 29.1 Å². The van der Waals surface area contributed by atoms with Gasteiger partial charge in [-0.05, 0) is 31.0 Å². The first-order valence-corrected chi connectivity index (χ1v) is 6.15. The number of alkyl halides is 1. The fourth-order valence-corrected chi connectivity index (χ4v) is 1.65. The Morgan fingerprint density at radius 1 is 1.33 bits per heavy atom. The second-order valence-corrected chi connectivity index (χ2v) is 4.42. The van der Waals surface area contributed by atoms with E-state index < -0.39 is 0 Å². The summed E-state index contributed by atoms with van der Waals surface area (Å²) in [5, 5.41) is 2.45. The van der Waals surface area contributed by atoms with Crippen molar-refractivity contribution in [3.8, 4) is 0 Å². The topological polar surface area (TPSA) is 49.4 Å². The molecule has 0 saturated carbocycles. The zero-order chi connectivity index (χ0) is 13.7. The van der Waals surface area contributed by atoms with E-state index in [-0.39, 0.29) is 24.2 Å². The molecule has 1 rings (SSSR count). The van der Waals surface area contributed by atoms with E-state index in [1.807, 2.05) is 32.0 Å². The summed E-state index contributed by atoms with van der Waals surface area (Å²) in [6.45, 7) is 3.86. The molecule has 18 heavy (non-hydrogen) atoms. The van der Waals surface area contributed by atoms with Gasteiger partial charge >= 0.3 is 0 Å². The Morgan fingerprint density at radius 2 is 2.00 bits per heavy atom. The third-order valence-corrected chi connectivity index (χ3v) is 2.90. The highest BCUT2D eigenvalue weighted by Crippen LogP contribution is 2.20. The van der Waals surface area contributed by atoms with Gasteiger partial charge in [-0.15, -0.1) is 11.6 Å². The minimum Gasteiger partial charge on any atom is -0.346 e. The molecule has 0 aliphatic carbocycles. The van der Waals surface area contributed by atoms with E-state index in [1.54, 1.807) is 7.05 Å². The largest absolute Gasteiger partial charge is 0.346 e. The quantitative estimate of drug-likeness (QED) is 0.844. The van der Waals surface area contributed by atoms with E-state index in [9.17, 15) is 9.59 Å². The molecule has 0 atom stereocenters. The van der Waals surface area contributed by atoms with Gasteiger partial charge in [0.25, 0.3) is 0 Å². The molecule has 0 unspecified atom stereocenters. The summed E-state index contributed by atoms with van der Waals surface area (Å²) in [5.41, 5.74) is 2.94. The molecule has 98 valence electrons. The van der Waals surface area contributed by atoms with Gasteiger partial charge in [-0.3, -0.25) is 9.59 Å². The summed E-state index contributed by atoms with van der Waals surface area (Å²) in [6, 6.07) is 5.90. The number of likely N-dealkylation sites (N-methyl/N-ethyl adjacent to an activating group) is 1. The third-order valence-electron chi connectivity index (χ3n) is 2.66. The highest BCUT2D eigenvalue weighted by molar-refractivity contribution is 6.27. The van der Waals surface area contributed by atoms with Crippen molar-refractivity contribution in [2.75, 3.05) is 24.4 Å². The van der Waals surface area contributed by atoms with Crippen LogP contribution in [-0.2, 0) is 9.59 Å². The Labute approximate surface area is 112 Å². The van der Waals surface area contributed by atoms with E-state index in [1.165, 1.54) is 4.90 Å². The molecular weight excluding hydrogens is 252 g/mol. The lowest BCUT2D eigenvalue weighted by atomic mass is 10.1. The Balaban J connectivity index is 2.74. The van der Waals surface area contributed by atoms with Crippen LogP contribution in [0, 0.1) is 13.8 Å². The lowest BCUT2D eigenvalue weighted by Crippen LogP contribution is -2.38. The molecule has 0 aliphatic rings. The van der Waals surface area contributed by atoms with Crippen LogP contribution in [0.4, 0.5) is 5.69 Å². The fraction of sp³-hybridized carbons (Fsp3) is 0.385. The number of rotatable bonds is 4. The fourth-order valence-electron chi connectivity index (χ4n) is 1.56. The zero-order valence-electron chi connectivity index (χ0n) is 10.8. The molecular formula is C13H17ClN2O2. The summed E-state index contributed by atoms with van der Waals surface area (Å²) >= 11 is 5.34. The van der Waals surface area contributed by atoms with Gasteiger partial charge in [0, 0.05) is 12.7 Å². The van der Waals surface area contributed by atoms with Gasteiger partial charge in [0.1, 0.15) is 5.88 Å². The first kappa shape index (κ1) is 14.5. The van der Waals surface area contributed by atoms with Crippen molar-refractivity contribution < 1.29 is 9.59 Å². The van der Waals surface area contributed by atoms with Crippen LogP contribution in [0.5, 0.6) is 0 Å². The van der Waals surface area contributed by atoms with Crippen molar-refractivity contribution in [2.24, 2.45) is 0 Å². The number of carbonyl (C=O) groups is 2. The summed E-state index contributed by atoms with van der Waals surface area (Å²) in [7, 11) is 1.69. The Hall–Kier alpha value is -1.55. The molecule has 0 bridgehead atoms. The first-order chi connectivity index (χ1) is 8.45. The van der Waals surface area contributed by atoms with Gasteiger partial charge in [0.2, 0.25) is 11.8 Å². The molecule has 0 radical (unpaired) electrons. The first-order valence-electron chi connectivity index (χ1n) is 5.62. The summed E-state index contributed by atoms with van der Waals surface area (Å²) in [6.07, 6.45) is 0. The van der Waals surface area contributed by atoms with Crippen molar-refractivity contribution in [3.63, 3.8) is 0 Å². The summed E-state index contributed by atoms with van der Waals surface area (Å²) in [4.78, 5) is 24.4. The van der Waals surface area contributed by atoms with E-state index in [0.29, 0.717) is 0 Å². The number of hydrogen-bond acceptors (Lipinski definition) is 2. The van der Waals surface area contributed by atoms with E-state index >= 15 is 0 Å². The number of anilines is 1. The smallest absolute Gasteiger partial charge is 0.246 e. The summed E-state index contributed by atoms with van der Waals surface area (Å²) in [5.74, 6) is -0.665. The minimum atomic E-state index is -0.348. The number of nitrogens with zero attached hydrogens (tertiary/aromatic N) is 1. The normalized spacial score (nSPS) is 10.0. The number of nitrogens with one attached hydrogen (secondary N) is 1. The van der Waals surface area contributed by atoms with Gasteiger partial charge in [0.15, 0.2) is 0 Å². The second kappa shape index (κ2) is 6.40. The summed E-state index contributed by atoms with van der Waals surface area (Å²) < 4.78 is 0.